The molecule has 0 aliphatic carbocycles. The number of nitrogens with zero attached hydrogens (tertiary/aromatic N) is 2. The highest BCUT2D eigenvalue weighted by Crippen LogP contribution is 2.27. The number of halogens is 2. The van der Waals surface area contributed by atoms with Crippen molar-refractivity contribution < 1.29 is 28.6 Å². The average molecular weight is 466 g/mol. The quantitative estimate of drug-likeness (QED) is 0.378. The summed E-state index contributed by atoms with van der Waals surface area (Å²) in [5.41, 5.74) is -0.487. The number of fused-ring (bicyclic) bond motifs is 1. The highest BCUT2D eigenvalue weighted by molar-refractivity contribution is 6.34. The Morgan fingerprint density at radius 3 is 2.78 bits per heavy atom. The summed E-state index contributed by atoms with van der Waals surface area (Å²) in [6.45, 7) is -0.945. The Kier molecular flexibility index (Phi) is 6.73. The molecule has 1 aromatic carbocycles. The number of methoxy groups -OCH3 is 1. The molecule has 0 saturated heterocycles. The van der Waals surface area contributed by atoms with Crippen LogP contribution in [0.1, 0.15) is 10.4 Å². The molecule has 13 heteroatoms. The van der Waals surface area contributed by atoms with Gasteiger partial charge in [-0.15, -0.1) is 0 Å². The lowest BCUT2D eigenvalue weighted by molar-refractivity contribution is -0.139. The maximum Gasteiger partial charge on any atom is 0.328 e. The average Bonchev–Trinajstić information content (AvgIpc) is 3.06. The van der Waals surface area contributed by atoms with Gasteiger partial charge in [-0.1, -0.05) is 11.6 Å². The highest BCUT2D eigenvalue weighted by Gasteiger charge is 2.26. The number of aromatic amines is 1. The van der Waals surface area contributed by atoms with Gasteiger partial charge in [-0.05, 0) is 24.3 Å². The maximum atomic E-state index is 14.4. The maximum absolute atomic E-state index is 14.4. The summed E-state index contributed by atoms with van der Waals surface area (Å²) in [6, 6.07) is 4.01. The predicted molar refractivity (Wildman–Crippen MR) is 110 cm³/mol. The summed E-state index contributed by atoms with van der Waals surface area (Å²) in [4.78, 5) is 54.7. The Morgan fingerprint density at radius 1 is 1.34 bits per heavy atom. The molecule has 3 aromatic rings. The molecule has 2 amide bonds. The molecule has 11 nitrogen and oxygen atoms in total. The van der Waals surface area contributed by atoms with Crippen molar-refractivity contribution >= 4 is 40.5 Å². The lowest BCUT2D eigenvalue weighted by atomic mass is 10.1. The van der Waals surface area contributed by atoms with E-state index >= 15 is 0 Å². The molecule has 2 aromatic heterocycles. The van der Waals surface area contributed by atoms with E-state index in [1.54, 1.807) is 12.1 Å². The first-order valence-corrected chi connectivity index (χ1v) is 9.46. The van der Waals surface area contributed by atoms with Gasteiger partial charge in [-0.3, -0.25) is 19.1 Å². The number of ether oxygens (including phenoxy) is 1. The molecule has 0 aliphatic heterocycles. The molecule has 0 aliphatic rings. The van der Waals surface area contributed by atoms with Crippen LogP contribution >= 0.6 is 11.6 Å². The summed E-state index contributed by atoms with van der Waals surface area (Å²) in [7, 11) is 1.19. The standard InChI is InChI=1S/C19H17ClFN5O6/c1-32-12-5-4-9(20)14(15(12)21)17(28)24-10(18(29)30)7-23-13(27)8-26-11-3-2-6-22-16(11)25-19(26)31/h2-6,10H,7-8H2,1H3,(H,23,27)(H,24,28)(H,29,30)(H,22,25,31)/t10-/m0/s1. The Hall–Kier alpha value is -3.93. The zero-order valence-electron chi connectivity index (χ0n) is 16.5. The number of benzene rings is 1. The van der Waals surface area contributed by atoms with E-state index in [2.05, 4.69) is 20.6 Å². The number of aromatic nitrogens is 3. The summed E-state index contributed by atoms with van der Waals surface area (Å²) >= 11 is 5.87. The second-order valence-electron chi connectivity index (χ2n) is 6.49. The van der Waals surface area contributed by atoms with Crippen molar-refractivity contribution in [1.29, 1.82) is 0 Å². The van der Waals surface area contributed by atoms with Crippen LogP contribution in [-0.4, -0.2) is 57.1 Å². The van der Waals surface area contributed by atoms with E-state index in [0.29, 0.717) is 5.52 Å². The van der Waals surface area contributed by atoms with Crippen LogP contribution in [0.2, 0.25) is 5.02 Å². The van der Waals surface area contributed by atoms with Gasteiger partial charge in [0.05, 0.1) is 23.2 Å². The number of pyridine rings is 1. The van der Waals surface area contributed by atoms with Gasteiger partial charge >= 0.3 is 11.7 Å². The van der Waals surface area contributed by atoms with E-state index in [4.69, 9.17) is 16.3 Å². The zero-order valence-corrected chi connectivity index (χ0v) is 17.3. The van der Waals surface area contributed by atoms with Crippen molar-refractivity contribution in [3.05, 3.63) is 57.3 Å². The first kappa shape index (κ1) is 22.7. The fourth-order valence-electron chi connectivity index (χ4n) is 2.89. The van der Waals surface area contributed by atoms with Crippen LogP contribution in [0.3, 0.4) is 0 Å². The number of carboxylic acids is 1. The van der Waals surface area contributed by atoms with E-state index in [1.165, 1.54) is 25.4 Å². The molecule has 4 N–H and O–H groups in total. The largest absolute Gasteiger partial charge is 0.494 e. The van der Waals surface area contributed by atoms with Crippen molar-refractivity contribution in [3.8, 4) is 5.75 Å². The number of carboxylic acid groups (broad SMARTS) is 1. The van der Waals surface area contributed by atoms with Crippen LogP contribution in [0.4, 0.5) is 4.39 Å². The topological polar surface area (TPSA) is 155 Å². The Labute approximate surface area is 184 Å². The molecule has 3 rings (SSSR count). The molecule has 168 valence electrons. The van der Waals surface area contributed by atoms with Crippen LogP contribution in [0, 0.1) is 5.82 Å². The number of amides is 2. The van der Waals surface area contributed by atoms with Crippen molar-refractivity contribution in [2.24, 2.45) is 0 Å². The molecule has 32 heavy (non-hydrogen) atoms. The van der Waals surface area contributed by atoms with E-state index in [-0.39, 0.29) is 16.4 Å². The van der Waals surface area contributed by atoms with Gasteiger partial charge in [0.25, 0.3) is 5.91 Å². The minimum Gasteiger partial charge on any atom is -0.494 e. The number of carbonyl (C=O) groups is 3. The number of hydrogen-bond donors (Lipinski definition) is 4. The third-order valence-corrected chi connectivity index (χ3v) is 4.77. The van der Waals surface area contributed by atoms with E-state index in [9.17, 15) is 28.7 Å². The van der Waals surface area contributed by atoms with Gasteiger partial charge in [-0.2, -0.15) is 0 Å². The van der Waals surface area contributed by atoms with Crippen LogP contribution in [0.5, 0.6) is 5.75 Å². The van der Waals surface area contributed by atoms with Gasteiger partial charge in [0.2, 0.25) is 5.91 Å². The molecule has 0 unspecified atom stereocenters. The molecular weight excluding hydrogens is 449 g/mol. The van der Waals surface area contributed by atoms with Crippen LogP contribution in [0.25, 0.3) is 11.2 Å². The summed E-state index contributed by atoms with van der Waals surface area (Å²) in [5, 5.41) is 13.6. The smallest absolute Gasteiger partial charge is 0.328 e. The van der Waals surface area contributed by atoms with Crippen molar-refractivity contribution in [1.82, 2.24) is 25.2 Å². The molecule has 0 saturated carbocycles. The third kappa shape index (κ3) is 4.70. The van der Waals surface area contributed by atoms with Gasteiger partial charge in [0.15, 0.2) is 17.2 Å². The number of rotatable bonds is 8. The van der Waals surface area contributed by atoms with Crippen molar-refractivity contribution in [3.63, 3.8) is 0 Å². The molecular formula is C19H17ClFN5O6. The predicted octanol–water partition coefficient (Wildman–Crippen LogP) is 0.525. The number of H-pyrrole nitrogens is 1. The van der Waals surface area contributed by atoms with Gasteiger partial charge in [0, 0.05) is 12.7 Å². The highest BCUT2D eigenvalue weighted by atomic mass is 35.5. The Bertz CT molecular complexity index is 1260. The van der Waals surface area contributed by atoms with Gasteiger partial charge < -0.3 is 20.5 Å². The number of hydrogen-bond acceptors (Lipinski definition) is 6. The first-order valence-electron chi connectivity index (χ1n) is 9.08. The van der Waals surface area contributed by atoms with E-state index < -0.39 is 54.0 Å². The fraction of sp³-hybridized carbons (Fsp3) is 0.211. The van der Waals surface area contributed by atoms with E-state index in [1.807, 2.05) is 0 Å². The fourth-order valence-corrected chi connectivity index (χ4v) is 3.12. The number of imidazole rings is 1. The number of nitrogens with one attached hydrogen (secondary N) is 3. The second-order valence-corrected chi connectivity index (χ2v) is 6.90. The van der Waals surface area contributed by atoms with Crippen LogP contribution in [0.15, 0.2) is 35.3 Å². The number of aliphatic carboxylic acids is 1. The minimum absolute atomic E-state index is 0.249. The van der Waals surface area contributed by atoms with E-state index in [0.717, 1.165) is 4.57 Å². The van der Waals surface area contributed by atoms with Crippen LogP contribution in [-0.2, 0) is 16.1 Å². The normalized spacial score (nSPS) is 11.7. The summed E-state index contributed by atoms with van der Waals surface area (Å²) in [6.07, 6.45) is 1.47. The molecule has 0 fully saturated rings. The Morgan fingerprint density at radius 2 is 2.09 bits per heavy atom. The van der Waals surface area contributed by atoms with Gasteiger partial charge in [0.1, 0.15) is 12.6 Å². The van der Waals surface area contributed by atoms with Crippen molar-refractivity contribution in [2.75, 3.05) is 13.7 Å². The molecule has 0 radical (unpaired) electrons. The molecule has 0 spiro atoms. The summed E-state index contributed by atoms with van der Waals surface area (Å²) in [5.74, 6) is -4.59. The Balaban J connectivity index is 1.69. The van der Waals surface area contributed by atoms with Crippen molar-refractivity contribution in [2.45, 2.75) is 12.6 Å². The monoisotopic (exact) mass is 465 g/mol. The number of carbonyl (C=O) groups excluding carboxylic acids is 2. The lowest BCUT2D eigenvalue weighted by Gasteiger charge is -2.17. The third-order valence-electron chi connectivity index (χ3n) is 4.46. The molecule has 0 bridgehead atoms. The first-order chi connectivity index (χ1) is 15.2. The summed E-state index contributed by atoms with van der Waals surface area (Å²) < 4.78 is 20.3. The van der Waals surface area contributed by atoms with Gasteiger partial charge in [-0.25, -0.2) is 19.0 Å². The lowest BCUT2D eigenvalue weighted by Crippen LogP contribution is -2.49. The minimum atomic E-state index is -1.60. The molecule has 2 heterocycles. The SMILES string of the molecule is COc1ccc(Cl)c(C(=O)N[C@@H](CNC(=O)Cn2c(=O)[nH]c3ncccc32)C(=O)O)c1F. The molecule has 1 atom stereocenters. The van der Waals surface area contributed by atoms with Crippen LogP contribution < -0.4 is 21.1 Å². The second kappa shape index (κ2) is 9.47. The zero-order chi connectivity index (χ0) is 23.4.